The van der Waals surface area contributed by atoms with Crippen LogP contribution in [0.4, 0.5) is 11.9 Å². The Kier molecular flexibility index (Phi) is 13.9. The zero-order valence-corrected chi connectivity index (χ0v) is 33.6. The molecule has 2 saturated heterocycles. The first-order valence-electron chi connectivity index (χ1n) is 18.8. The predicted octanol–water partition coefficient (Wildman–Crippen LogP) is 7.80. The van der Waals surface area contributed by atoms with Crippen molar-refractivity contribution < 1.29 is 19.1 Å². The minimum Gasteiger partial charge on any atom is -0.461 e. The lowest BCUT2D eigenvalue weighted by Gasteiger charge is -2.55. The molecule has 0 aliphatic carbocycles. The second kappa shape index (κ2) is 16.7. The summed E-state index contributed by atoms with van der Waals surface area (Å²) in [4.78, 5) is 52.4. The molecule has 0 amide bonds. The number of ether oxygens (including phenoxy) is 2. The molecule has 0 atom stereocenters. The van der Waals surface area contributed by atoms with E-state index >= 15 is 0 Å². The van der Waals surface area contributed by atoms with E-state index in [0.29, 0.717) is 19.0 Å². The lowest BCUT2D eigenvalue weighted by atomic mass is 9.73. The topological polar surface area (TPSA) is 122 Å². The third-order valence-corrected chi connectivity index (χ3v) is 10.3. The SMILES string of the molecule is CCCCN1C(C)(C)CC(COC(=O)C=Nc2nc(N=CC(=O)OCC3CC(C)(C)N(CCCC)C(C)(C)C3)nc(C(C)(C)C)n2)CC1(C)C. The summed E-state index contributed by atoms with van der Waals surface area (Å²) in [6.45, 7) is 31.4. The van der Waals surface area contributed by atoms with Gasteiger partial charge in [-0.15, -0.1) is 0 Å². The Bertz CT molecular complexity index is 1230. The summed E-state index contributed by atoms with van der Waals surface area (Å²) in [6.07, 6.45) is 10.7. The van der Waals surface area contributed by atoms with E-state index in [2.05, 4.69) is 104 Å². The molecule has 0 saturated carbocycles. The molecule has 11 nitrogen and oxygen atoms in total. The smallest absolute Gasteiger partial charge is 0.349 e. The molecule has 11 heteroatoms. The van der Waals surface area contributed by atoms with E-state index in [-0.39, 0.29) is 45.9 Å². The van der Waals surface area contributed by atoms with Crippen LogP contribution in [0.15, 0.2) is 9.98 Å². The highest BCUT2D eigenvalue weighted by atomic mass is 16.5. The van der Waals surface area contributed by atoms with Gasteiger partial charge in [0.05, 0.1) is 13.2 Å². The highest BCUT2D eigenvalue weighted by molar-refractivity contribution is 6.24. The number of hydrogen-bond donors (Lipinski definition) is 0. The van der Waals surface area contributed by atoms with Gasteiger partial charge in [-0.05, 0) is 119 Å². The van der Waals surface area contributed by atoms with Crippen molar-refractivity contribution in [1.82, 2.24) is 24.8 Å². The maximum absolute atomic E-state index is 12.8. The first-order valence-corrected chi connectivity index (χ1v) is 18.8. The lowest BCUT2D eigenvalue weighted by Crippen LogP contribution is -2.61. The number of piperidine rings is 2. The van der Waals surface area contributed by atoms with Gasteiger partial charge in [-0.25, -0.2) is 19.6 Å². The van der Waals surface area contributed by atoms with E-state index in [1.165, 1.54) is 12.8 Å². The summed E-state index contributed by atoms with van der Waals surface area (Å²) < 4.78 is 11.3. The van der Waals surface area contributed by atoms with Crippen molar-refractivity contribution in [1.29, 1.82) is 0 Å². The fourth-order valence-electron chi connectivity index (χ4n) is 8.63. The number of unbranched alkanes of at least 4 members (excludes halogenated alkanes) is 2. The number of esters is 2. The van der Waals surface area contributed by atoms with Crippen molar-refractivity contribution >= 4 is 36.3 Å². The molecule has 50 heavy (non-hydrogen) atoms. The van der Waals surface area contributed by atoms with E-state index in [0.717, 1.165) is 64.0 Å². The third-order valence-electron chi connectivity index (χ3n) is 10.3. The van der Waals surface area contributed by atoms with Gasteiger partial charge in [0, 0.05) is 27.6 Å². The molecule has 2 aliphatic heterocycles. The Balaban J connectivity index is 1.62. The largest absolute Gasteiger partial charge is 0.461 e. The zero-order chi connectivity index (χ0) is 37.5. The van der Waals surface area contributed by atoms with E-state index in [9.17, 15) is 9.59 Å². The van der Waals surface area contributed by atoms with E-state index < -0.39 is 17.4 Å². The number of hydrogen-bond acceptors (Lipinski definition) is 11. The number of carbonyl (C=O) groups excluding carboxylic acids is 2. The number of likely N-dealkylation sites (tertiary alicyclic amines) is 2. The Morgan fingerprint density at radius 1 is 0.680 bits per heavy atom. The van der Waals surface area contributed by atoms with Crippen molar-refractivity contribution in [2.45, 2.75) is 169 Å². The molecular weight excluding hydrogens is 630 g/mol. The Labute approximate surface area is 302 Å². The number of rotatable bonds is 14. The fourth-order valence-corrected chi connectivity index (χ4v) is 8.63. The summed E-state index contributed by atoms with van der Waals surface area (Å²) in [6, 6.07) is 0. The number of aliphatic imine (C=N–C) groups is 2. The van der Waals surface area contributed by atoms with E-state index in [1.807, 2.05) is 20.8 Å². The molecule has 2 fully saturated rings. The molecule has 1 aromatic rings. The molecule has 3 heterocycles. The summed E-state index contributed by atoms with van der Waals surface area (Å²) in [5.41, 5.74) is -0.396. The molecule has 2 aliphatic rings. The summed E-state index contributed by atoms with van der Waals surface area (Å²) in [7, 11) is 0. The van der Waals surface area contributed by atoms with Crippen molar-refractivity contribution in [2.75, 3.05) is 26.3 Å². The van der Waals surface area contributed by atoms with Crippen LogP contribution in [0.5, 0.6) is 0 Å². The molecule has 0 bridgehead atoms. The maximum Gasteiger partial charge on any atom is 0.349 e. The molecule has 0 radical (unpaired) electrons. The molecule has 0 aromatic carbocycles. The standard InChI is InChI=1S/C39H67N7O4/c1-14-16-18-45-36(6,7)20-28(21-37(45,8)9)26-49-30(47)24-40-33-42-32(35(3,4)5)43-34(44-33)41-25-31(48)50-27-29-22-38(10,11)46(19-17-15-2)39(12,13)23-29/h24-25,28-29H,14-23,26-27H2,1-13H3. The van der Waals surface area contributed by atoms with Gasteiger partial charge in [0.2, 0.25) is 0 Å². The maximum atomic E-state index is 12.8. The van der Waals surface area contributed by atoms with Crippen LogP contribution in [0.1, 0.15) is 147 Å². The monoisotopic (exact) mass is 698 g/mol. The predicted molar refractivity (Wildman–Crippen MR) is 202 cm³/mol. The highest BCUT2D eigenvalue weighted by Gasteiger charge is 2.46. The van der Waals surface area contributed by atoms with Gasteiger partial charge >= 0.3 is 11.9 Å². The minimum absolute atomic E-state index is 0.0131. The second-order valence-electron chi connectivity index (χ2n) is 18.1. The molecule has 0 unspecified atom stereocenters. The second-order valence-corrected chi connectivity index (χ2v) is 18.1. The first-order chi connectivity index (χ1) is 23.1. The van der Waals surface area contributed by atoms with Gasteiger partial charge in [-0.1, -0.05) is 47.5 Å². The van der Waals surface area contributed by atoms with Crippen LogP contribution in [0.25, 0.3) is 0 Å². The summed E-state index contributed by atoms with van der Waals surface area (Å²) in [5.74, 6) is -0.131. The van der Waals surface area contributed by atoms with Gasteiger partial charge in [0.1, 0.15) is 18.3 Å². The molecule has 282 valence electrons. The first kappa shape index (κ1) is 41.6. The molecule has 1 aromatic heterocycles. The van der Waals surface area contributed by atoms with E-state index in [4.69, 9.17) is 9.47 Å². The zero-order valence-electron chi connectivity index (χ0n) is 33.6. The Morgan fingerprint density at radius 2 is 1.02 bits per heavy atom. The number of carbonyl (C=O) groups is 2. The average molecular weight is 698 g/mol. The Morgan fingerprint density at radius 3 is 1.32 bits per heavy atom. The van der Waals surface area contributed by atoms with Crippen molar-refractivity contribution in [2.24, 2.45) is 21.8 Å². The van der Waals surface area contributed by atoms with Crippen molar-refractivity contribution in [3.8, 4) is 0 Å². The van der Waals surface area contributed by atoms with Gasteiger partial charge in [0.15, 0.2) is 0 Å². The average Bonchev–Trinajstić information content (AvgIpc) is 2.98. The minimum atomic E-state index is -0.553. The van der Waals surface area contributed by atoms with Gasteiger partial charge in [-0.3, -0.25) is 9.80 Å². The Hall–Kier alpha value is -2.79. The van der Waals surface area contributed by atoms with Crippen LogP contribution in [0.3, 0.4) is 0 Å². The van der Waals surface area contributed by atoms with Crippen LogP contribution in [-0.2, 0) is 24.5 Å². The molecular formula is C39H67N7O4. The van der Waals surface area contributed by atoms with E-state index in [1.54, 1.807) is 0 Å². The van der Waals surface area contributed by atoms with Crippen LogP contribution < -0.4 is 0 Å². The summed E-state index contributed by atoms with van der Waals surface area (Å²) in [5, 5.41) is 0. The molecule has 0 spiro atoms. The van der Waals surface area contributed by atoms with Gasteiger partial charge in [-0.2, -0.15) is 15.0 Å². The van der Waals surface area contributed by atoms with Gasteiger partial charge < -0.3 is 9.47 Å². The van der Waals surface area contributed by atoms with Crippen molar-refractivity contribution in [3.63, 3.8) is 0 Å². The van der Waals surface area contributed by atoms with Gasteiger partial charge in [0.25, 0.3) is 11.9 Å². The number of aromatic nitrogens is 3. The summed E-state index contributed by atoms with van der Waals surface area (Å²) >= 11 is 0. The van der Waals surface area contributed by atoms with Crippen LogP contribution in [0, 0.1) is 11.8 Å². The third kappa shape index (κ3) is 11.6. The normalized spacial score (nSPS) is 21.5. The number of nitrogens with zero attached hydrogens (tertiary/aromatic N) is 7. The molecule has 0 N–H and O–H groups in total. The van der Waals surface area contributed by atoms with Crippen LogP contribution >= 0.6 is 0 Å². The quantitative estimate of drug-likeness (QED) is 0.142. The lowest BCUT2D eigenvalue weighted by molar-refractivity contribution is -0.140. The fraction of sp³-hybridized carbons (Fsp3) is 0.821. The highest BCUT2D eigenvalue weighted by Crippen LogP contribution is 2.43. The van der Waals surface area contributed by atoms with Crippen LogP contribution in [0.2, 0.25) is 0 Å². The van der Waals surface area contributed by atoms with Crippen LogP contribution in [-0.4, -0.2) is 97.6 Å². The molecule has 3 rings (SSSR count). The van der Waals surface area contributed by atoms with Crippen molar-refractivity contribution in [3.05, 3.63) is 5.82 Å².